The highest BCUT2D eigenvalue weighted by atomic mass is 16.5. The van der Waals surface area contributed by atoms with Gasteiger partial charge in [0.15, 0.2) is 0 Å². The maximum absolute atomic E-state index is 10.6. The van der Waals surface area contributed by atoms with Gasteiger partial charge in [0.25, 0.3) is 0 Å². The molecule has 2 aromatic carbocycles. The zero-order chi connectivity index (χ0) is 22.9. The molecule has 9 heteroatoms. The molecule has 0 saturated carbocycles. The number of rotatable bonds is 7. The van der Waals surface area contributed by atoms with Gasteiger partial charge in [-0.25, -0.2) is 0 Å². The molecule has 1 amide bonds. The van der Waals surface area contributed by atoms with E-state index in [4.69, 9.17) is 27.0 Å². The number of aliphatic carboxylic acids is 1. The van der Waals surface area contributed by atoms with Crippen molar-refractivity contribution < 1.29 is 25.7 Å². The average Bonchev–Trinajstić information content (AvgIpc) is 2.74. The van der Waals surface area contributed by atoms with E-state index < -0.39 is 12.0 Å². The van der Waals surface area contributed by atoms with E-state index in [1.807, 2.05) is 24.3 Å². The number of carboxylic acids is 1. The zero-order valence-electron chi connectivity index (χ0n) is 18.2. The van der Waals surface area contributed by atoms with Crippen molar-refractivity contribution in [3.63, 3.8) is 0 Å². The fourth-order valence-corrected chi connectivity index (χ4v) is 2.02. The highest BCUT2D eigenvalue weighted by Gasteiger charge is 2.08. The Hall–Kier alpha value is -3.27. The fraction of sp³-hybridized carbons (Fsp3) is 0.286. The molecule has 0 aliphatic carbocycles. The number of ether oxygens (including phenoxy) is 1. The number of benzene rings is 2. The number of methoxy groups -OCH3 is 1. The third-order valence-electron chi connectivity index (χ3n) is 3.57. The SMILES string of the molecule is CC(=O)Nc1ccc(C=O)cc1.COc1ccccc1CN.NCC[C@H](N)C(=O)O.[H+]. The number of amides is 1. The quantitative estimate of drug-likeness (QED) is 0.420. The van der Waals surface area contributed by atoms with E-state index in [9.17, 15) is 14.4 Å². The number of carbonyl (C=O) groups excluding carboxylic acids is 2. The van der Waals surface area contributed by atoms with Crippen molar-refractivity contribution in [3.05, 3.63) is 59.7 Å². The second-order valence-corrected chi connectivity index (χ2v) is 5.96. The molecule has 9 nitrogen and oxygen atoms in total. The van der Waals surface area contributed by atoms with E-state index in [0.29, 0.717) is 30.8 Å². The van der Waals surface area contributed by atoms with Gasteiger partial charge in [0.05, 0.1) is 7.11 Å². The summed E-state index contributed by atoms with van der Waals surface area (Å²) in [6.45, 7) is 2.30. The first-order chi connectivity index (χ1) is 14.3. The number of carboxylic acid groups (broad SMARTS) is 1. The molecule has 8 N–H and O–H groups in total. The summed E-state index contributed by atoms with van der Waals surface area (Å²) in [5.74, 6) is -0.241. The van der Waals surface area contributed by atoms with Gasteiger partial charge in [-0.1, -0.05) is 18.2 Å². The molecule has 0 unspecified atom stereocenters. The summed E-state index contributed by atoms with van der Waals surface area (Å²) in [5, 5.41) is 10.7. The Morgan fingerprint density at radius 1 is 1.17 bits per heavy atom. The Kier molecular flexibility index (Phi) is 13.9. The van der Waals surface area contributed by atoms with E-state index in [2.05, 4.69) is 5.32 Å². The molecule has 0 spiro atoms. The second kappa shape index (κ2) is 15.6. The summed E-state index contributed by atoms with van der Waals surface area (Å²) in [5.41, 5.74) is 17.9. The molecule has 164 valence electrons. The van der Waals surface area contributed by atoms with E-state index in [-0.39, 0.29) is 7.33 Å². The molecule has 0 fully saturated rings. The number of carbonyl (C=O) groups is 3. The van der Waals surface area contributed by atoms with Gasteiger partial charge in [-0.15, -0.1) is 0 Å². The lowest BCUT2D eigenvalue weighted by molar-refractivity contribution is -0.138. The molecule has 2 rings (SSSR count). The molecule has 0 aliphatic rings. The van der Waals surface area contributed by atoms with Crippen LogP contribution >= 0.6 is 0 Å². The molecule has 0 radical (unpaired) electrons. The number of hydrogen-bond donors (Lipinski definition) is 5. The van der Waals surface area contributed by atoms with Gasteiger partial charge in [-0.2, -0.15) is 0 Å². The van der Waals surface area contributed by atoms with Crippen LogP contribution in [0.5, 0.6) is 5.75 Å². The number of para-hydroxylation sites is 1. The van der Waals surface area contributed by atoms with Crippen molar-refractivity contribution in [1.82, 2.24) is 0 Å². The third kappa shape index (κ3) is 11.5. The number of nitrogens with two attached hydrogens (primary N) is 3. The molecule has 1 atom stereocenters. The molecule has 0 heterocycles. The molecule has 0 aromatic heterocycles. The molecule has 0 saturated heterocycles. The fourth-order valence-electron chi connectivity index (χ4n) is 2.02. The summed E-state index contributed by atoms with van der Waals surface area (Å²) in [6.07, 6.45) is 1.10. The smallest absolute Gasteiger partial charge is 0.496 e. The number of aldehydes is 1. The van der Waals surface area contributed by atoms with E-state index in [1.165, 1.54) is 6.92 Å². The predicted octanol–water partition coefficient (Wildman–Crippen LogP) is 1.47. The minimum absolute atomic E-state index is 0. The molecule has 30 heavy (non-hydrogen) atoms. The maximum atomic E-state index is 10.6. The van der Waals surface area contributed by atoms with Crippen LogP contribution in [0.1, 0.15) is 30.7 Å². The Morgan fingerprint density at radius 2 is 1.77 bits per heavy atom. The Bertz CT molecular complexity index is 765. The third-order valence-corrected chi connectivity index (χ3v) is 3.57. The summed E-state index contributed by atoms with van der Waals surface area (Å²) in [7, 11) is 1.65. The molecule has 0 aliphatic heterocycles. The lowest BCUT2D eigenvalue weighted by Crippen LogP contribution is -2.32. The molecule has 2 aromatic rings. The monoisotopic (exact) mass is 419 g/mol. The minimum atomic E-state index is -0.990. The zero-order valence-corrected chi connectivity index (χ0v) is 17.2. The Balaban J connectivity index is 0. The van der Waals surface area contributed by atoms with Crippen LogP contribution in [0.3, 0.4) is 0 Å². The van der Waals surface area contributed by atoms with Crippen molar-refractivity contribution >= 4 is 23.9 Å². The first-order valence-electron chi connectivity index (χ1n) is 9.12. The highest BCUT2D eigenvalue weighted by molar-refractivity contribution is 5.89. The first kappa shape index (κ1) is 26.7. The highest BCUT2D eigenvalue weighted by Crippen LogP contribution is 2.15. The normalized spacial score (nSPS) is 10.3. The van der Waals surface area contributed by atoms with Gasteiger partial charge in [-0.3, -0.25) is 14.4 Å². The van der Waals surface area contributed by atoms with Crippen molar-refractivity contribution in [2.45, 2.75) is 25.9 Å². The van der Waals surface area contributed by atoms with Gasteiger partial charge < -0.3 is 32.4 Å². The van der Waals surface area contributed by atoms with Crippen molar-refractivity contribution in [2.75, 3.05) is 19.0 Å². The first-order valence-corrected chi connectivity index (χ1v) is 9.12. The lowest BCUT2D eigenvalue weighted by atomic mass is 10.2. The summed E-state index contributed by atoms with van der Waals surface area (Å²) in [6, 6.07) is 13.6. The number of anilines is 1. The molecule has 0 bridgehead atoms. The van der Waals surface area contributed by atoms with Gasteiger partial charge in [0.2, 0.25) is 5.91 Å². The summed E-state index contributed by atoms with van der Waals surface area (Å²) < 4.78 is 5.06. The van der Waals surface area contributed by atoms with Gasteiger partial charge >= 0.3 is 7.40 Å². The van der Waals surface area contributed by atoms with Crippen LogP contribution in [0.25, 0.3) is 0 Å². The number of nitrogens with one attached hydrogen (secondary N) is 1. The summed E-state index contributed by atoms with van der Waals surface area (Å²) in [4.78, 5) is 30.7. The Labute approximate surface area is 177 Å². The minimum Gasteiger partial charge on any atom is -0.496 e. The van der Waals surface area contributed by atoms with E-state index in [0.717, 1.165) is 17.6 Å². The largest absolute Gasteiger partial charge is 1.00 e. The van der Waals surface area contributed by atoms with Crippen LogP contribution in [-0.4, -0.2) is 43.0 Å². The molecular weight excluding hydrogens is 388 g/mol. The second-order valence-electron chi connectivity index (χ2n) is 5.96. The van der Waals surface area contributed by atoms with Crippen molar-refractivity contribution in [3.8, 4) is 5.75 Å². The number of hydrogen-bond acceptors (Lipinski definition) is 7. The Morgan fingerprint density at radius 3 is 2.13 bits per heavy atom. The van der Waals surface area contributed by atoms with Crippen molar-refractivity contribution in [2.24, 2.45) is 17.2 Å². The lowest BCUT2D eigenvalue weighted by Gasteiger charge is -2.03. The standard InChI is InChI=1S/C9H9NO2.C8H11NO.C4H10N2O2/c1-7(12)10-9-4-2-8(6-11)3-5-9;1-10-8-5-3-2-4-7(8)6-9;5-2-1-3(6)4(7)8/h2-6H,1H3,(H,10,12);2-5H,6,9H2,1H3;3H,1-2,5-6H2,(H,7,8)/p+1/t;;3-/m..0/s1. The van der Waals surface area contributed by atoms with Crippen LogP contribution in [0, 0.1) is 0 Å². The predicted molar refractivity (Wildman–Crippen MR) is 117 cm³/mol. The van der Waals surface area contributed by atoms with Crippen LogP contribution in [0.4, 0.5) is 5.69 Å². The topological polar surface area (TPSA) is 171 Å². The van der Waals surface area contributed by atoms with Gasteiger partial charge in [0, 0.05) is 30.3 Å². The van der Waals surface area contributed by atoms with Gasteiger partial charge in [-0.05, 0) is 43.3 Å². The van der Waals surface area contributed by atoms with Crippen LogP contribution < -0.4 is 27.3 Å². The molecular formula is C21H31N4O5+. The van der Waals surface area contributed by atoms with E-state index in [1.54, 1.807) is 31.4 Å². The van der Waals surface area contributed by atoms with Crippen LogP contribution in [0.15, 0.2) is 48.5 Å². The van der Waals surface area contributed by atoms with Crippen LogP contribution in [0.2, 0.25) is 0 Å². The summed E-state index contributed by atoms with van der Waals surface area (Å²) >= 11 is 0. The van der Waals surface area contributed by atoms with Crippen molar-refractivity contribution in [1.29, 1.82) is 0 Å². The maximum Gasteiger partial charge on any atom is 1.00 e. The van der Waals surface area contributed by atoms with E-state index >= 15 is 0 Å². The van der Waals surface area contributed by atoms with Gasteiger partial charge in [0.1, 0.15) is 18.1 Å². The average molecular weight is 420 g/mol. The van der Waals surface area contributed by atoms with Crippen LogP contribution in [-0.2, 0) is 16.1 Å².